The van der Waals surface area contributed by atoms with Gasteiger partial charge >= 0.3 is 0 Å². The number of aromatic nitrogens is 1. The van der Waals surface area contributed by atoms with Gasteiger partial charge in [0.2, 0.25) is 5.78 Å². The minimum atomic E-state index is -0.390. The van der Waals surface area contributed by atoms with Crippen molar-refractivity contribution in [3.8, 4) is 11.5 Å². The Kier molecular flexibility index (Phi) is 5.32. The van der Waals surface area contributed by atoms with Crippen LogP contribution in [0.1, 0.15) is 26.4 Å². The SMILES string of the molecule is COc1ccc(C(=O)c2c(N)c(C(=O)Nc3ccccc3)c3ccccn23)cc1OC. The van der Waals surface area contributed by atoms with Gasteiger partial charge in [-0.05, 0) is 42.5 Å². The Morgan fingerprint density at radius 3 is 2.32 bits per heavy atom. The summed E-state index contributed by atoms with van der Waals surface area (Å²) in [4.78, 5) is 26.5. The van der Waals surface area contributed by atoms with Crippen molar-refractivity contribution < 1.29 is 19.1 Å². The number of ether oxygens (including phenoxy) is 2. The summed E-state index contributed by atoms with van der Waals surface area (Å²) in [5.41, 5.74) is 8.48. The number of fused-ring (bicyclic) bond motifs is 1. The second kappa shape index (κ2) is 8.23. The number of ketones is 1. The first-order valence-electron chi connectivity index (χ1n) is 9.56. The van der Waals surface area contributed by atoms with Gasteiger partial charge in [0.05, 0.1) is 31.0 Å². The lowest BCUT2D eigenvalue weighted by molar-refractivity contribution is 0.102. The maximum absolute atomic E-state index is 13.4. The van der Waals surface area contributed by atoms with E-state index in [4.69, 9.17) is 15.2 Å². The molecule has 0 aliphatic rings. The third-order valence-electron chi connectivity index (χ3n) is 5.00. The molecule has 0 saturated carbocycles. The minimum absolute atomic E-state index is 0.111. The monoisotopic (exact) mass is 415 g/mol. The molecule has 2 heterocycles. The second-order valence-corrected chi connectivity index (χ2v) is 6.81. The molecule has 0 aliphatic carbocycles. The molecule has 3 N–H and O–H groups in total. The first kappa shape index (κ1) is 20.0. The van der Waals surface area contributed by atoms with E-state index in [1.54, 1.807) is 59.1 Å². The predicted molar refractivity (Wildman–Crippen MR) is 119 cm³/mol. The summed E-state index contributed by atoms with van der Waals surface area (Å²) < 4.78 is 12.2. The van der Waals surface area contributed by atoms with Crippen LogP contribution in [0.2, 0.25) is 0 Å². The summed E-state index contributed by atoms with van der Waals surface area (Å²) in [5, 5.41) is 2.84. The highest BCUT2D eigenvalue weighted by Crippen LogP contribution is 2.32. The number of pyridine rings is 1. The molecule has 31 heavy (non-hydrogen) atoms. The minimum Gasteiger partial charge on any atom is -0.493 e. The standard InChI is InChI=1S/C24H21N3O4/c1-30-18-12-11-15(14-19(18)31-2)23(28)22-21(25)20(17-10-6-7-13-27(17)22)24(29)26-16-8-4-3-5-9-16/h3-14H,25H2,1-2H3,(H,26,29). The van der Waals surface area contributed by atoms with Crippen LogP contribution in [-0.4, -0.2) is 30.3 Å². The molecule has 2 aromatic heterocycles. The van der Waals surface area contributed by atoms with Crippen LogP contribution in [0.3, 0.4) is 0 Å². The number of nitrogen functional groups attached to an aromatic ring is 1. The van der Waals surface area contributed by atoms with Crippen LogP contribution in [0, 0.1) is 0 Å². The Hall–Kier alpha value is -4.26. The Morgan fingerprint density at radius 1 is 0.903 bits per heavy atom. The van der Waals surface area contributed by atoms with Gasteiger partial charge in [-0.25, -0.2) is 0 Å². The molecular weight excluding hydrogens is 394 g/mol. The van der Waals surface area contributed by atoms with Crippen molar-refractivity contribution in [2.24, 2.45) is 0 Å². The van der Waals surface area contributed by atoms with Gasteiger partial charge < -0.3 is 24.9 Å². The zero-order valence-electron chi connectivity index (χ0n) is 17.1. The summed E-state index contributed by atoms with van der Waals surface area (Å²) in [6, 6.07) is 19.3. The average Bonchev–Trinajstić information content (AvgIpc) is 3.10. The quantitative estimate of drug-likeness (QED) is 0.464. The van der Waals surface area contributed by atoms with Gasteiger partial charge in [-0.1, -0.05) is 24.3 Å². The van der Waals surface area contributed by atoms with Crippen molar-refractivity contribution in [3.05, 3.63) is 89.7 Å². The first-order valence-corrected chi connectivity index (χ1v) is 9.56. The Balaban J connectivity index is 1.81. The molecule has 4 aromatic rings. The van der Waals surface area contributed by atoms with E-state index >= 15 is 0 Å². The third-order valence-corrected chi connectivity index (χ3v) is 5.00. The highest BCUT2D eigenvalue weighted by molar-refractivity contribution is 6.20. The Labute approximate surface area is 179 Å². The van der Waals surface area contributed by atoms with Crippen molar-refractivity contribution in [2.75, 3.05) is 25.3 Å². The van der Waals surface area contributed by atoms with Crippen molar-refractivity contribution in [3.63, 3.8) is 0 Å². The van der Waals surface area contributed by atoms with Crippen LogP contribution in [0.25, 0.3) is 5.52 Å². The summed E-state index contributed by atoms with van der Waals surface area (Å²) >= 11 is 0. The molecule has 4 rings (SSSR count). The van der Waals surface area contributed by atoms with Crippen LogP contribution in [0.5, 0.6) is 11.5 Å². The van der Waals surface area contributed by atoms with E-state index in [0.29, 0.717) is 28.3 Å². The molecule has 7 heteroatoms. The number of nitrogens with zero attached hydrogens (tertiary/aromatic N) is 1. The van der Waals surface area contributed by atoms with E-state index in [-0.39, 0.29) is 22.7 Å². The lowest BCUT2D eigenvalue weighted by Gasteiger charge is -2.09. The molecule has 0 aliphatic heterocycles. The molecule has 0 spiro atoms. The fourth-order valence-electron chi connectivity index (χ4n) is 3.53. The van der Waals surface area contributed by atoms with Crippen molar-refractivity contribution in [1.82, 2.24) is 4.40 Å². The third kappa shape index (κ3) is 3.57. The van der Waals surface area contributed by atoms with E-state index in [0.717, 1.165) is 0 Å². The number of hydrogen-bond acceptors (Lipinski definition) is 5. The smallest absolute Gasteiger partial charge is 0.259 e. The Morgan fingerprint density at radius 2 is 1.61 bits per heavy atom. The van der Waals surface area contributed by atoms with Crippen molar-refractivity contribution in [2.45, 2.75) is 0 Å². The fourth-order valence-corrected chi connectivity index (χ4v) is 3.53. The number of nitrogens with two attached hydrogens (primary N) is 1. The molecule has 156 valence electrons. The number of benzene rings is 2. The van der Waals surface area contributed by atoms with Gasteiger partial charge in [0.1, 0.15) is 5.69 Å². The number of rotatable bonds is 6. The molecule has 0 radical (unpaired) electrons. The van der Waals surface area contributed by atoms with Gasteiger partial charge in [-0.15, -0.1) is 0 Å². The predicted octanol–water partition coefficient (Wildman–Crippen LogP) is 4.02. The summed E-state index contributed by atoms with van der Waals surface area (Å²) in [7, 11) is 3.02. The summed E-state index contributed by atoms with van der Waals surface area (Å²) in [6.07, 6.45) is 1.71. The largest absolute Gasteiger partial charge is 0.493 e. The van der Waals surface area contributed by atoms with Gasteiger partial charge in [-0.2, -0.15) is 0 Å². The zero-order valence-corrected chi connectivity index (χ0v) is 17.1. The van der Waals surface area contributed by atoms with Gasteiger partial charge in [-0.3, -0.25) is 9.59 Å². The lowest BCUT2D eigenvalue weighted by atomic mass is 10.1. The van der Waals surface area contributed by atoms with Crippen LogP contribution in [0.15, 0.2) is 72.9 Å². The number of carbonyl (C=O) groups is 2. The van der Waals surface area contributed by atoms with Gasteiger partial charge in [0.25, 0.3) is 5.91 Å². The average molecular weight is 415 g/mol. The second-order valence-electron chi connectivity index (χ2n) is 6.81. The summed E-state index contributed by atoms with van der Waals surface area (Å²) in [5.74, 6) is 0.210. The lowest BCUT2D eigenvalue weighted by Crippen LogP contribution is -2.14. The maximum Gasteiger partial charge on any atom is 0.259 e. The highest BCUT2D eigenvalue weighted by atomic mass is 16.5. The van der Waals surface area contributed by atoms with E-state index < -0.39 is 5.91 Å². The highest BCUT2D eigenvalue weighted by Gasteiger charge is 2.26. The molecular formula is C24H21N3O4. The van der Waals surface area contributed by atoms with E-state index in [1.807, 2.05) is 18.2 Å². The van der Waals surface area contributed by atoms with Gasteiger partial charge in [0.15, 0.2) is 11.5 Å². The van der Waals surface area contributed by atoms with E-state index in [9.17, 15) is 9.59 Å². The molecule has 0 fully saturated rings. The molecule has 1 amide bonds. The number of anilines is 2. The first-order chi connectivity index (χ1) is 15.0. The van der Waals surface area contributed by atoms with Gasteiger partial charge in [0, 0.05) is 17.4 Å². The van der Waals surface area contributed by atoms with Crippen molar-refractivity contribution >= 4 is 28.6 Å². The Bertz CT molecular complexity index is 1280. The van der Waals surface area contributed by atoms with E-state index in [2.05, 4.69) is 5.32 Å². The normalized spacial score (nSPS) is 10.6. The van der Waals surface area contributed by atoms with Crippen LogP contribution >= 0.6 is 0 Å². The molecule has 7 nitrogen and oxygen atoms in total. The van der Waals surface area contributed by atoms with Crippen LogP contribution in [-0.2, 0) is 0 Å². The van der Waals surface area contributed by atoms with E-state index in [1.165, 1.54) is 14.2 Å². The topological polar surface area (TPSA) is 95.1 Å². The number of carbonyl (C=O) groups excluding carboxylic acids is 2. The summed E-state index contributed by atoms with van der Waals surface area (Å²) in [6.45, 7) is 0. The number of hydrogen-bond donors (Lipinski definition) is 2. The molecule has 0 atom stereocenters. The fraction of sp³-hybridized carbons (Fsp3) is 0.0833. The number of para-hydroxylation sites is 1. The van der Waals surface area contributed by atoms with Crippen LogP contribution < -0.4 is 20.5 Å². The zero-order chi connectivity index (χ0) is 22.0. The number of amides is 1. The van der Waals surface area contributed by atoms with Crippen LogP contribution in [0.4, 0.5) is 11.4 Å². The maximum atomic E-state index is 13.4. The number of nitrogens with one attached hydrogen (secondary N) is 1. The van der Waals surface area contributed by atoms with Crippen molar-refractivity contribution in [1.29, 1.82) is 0 Å². The molecule has 2 aromatic carbocycles. The molecule has 0 unspecified atom stereocenters. The number of methoxy groups -OCH3 is 2. The molecule has 0 bridgehead atoms. The molecule has 0 saturated heterocycles.